The summed E-state index contributed by atoms with van der Waals surface area (Å²) in [6.07, 6.45) is 0.479. The van der Waals surface area contributed by atoms with E-state index in [1.54, 1.807) is 11.7 Å². The molecule has 0 saturated carbocycles. The first-order valence-electron chi connectivity index (χ1n) is 11.0. The number of rotatable bonds is 8. The average molecular weight is 442 g/mol. The number of carbonyl (C=O) groups is 1. The van der Waals surface area contributed by atoms with Crippen LogP contribution in [0.25, 0.3) is 11.0 Å². The fourth-order valence-corrected chi connectivity index (χ4v) is 3.71. The number of aromatic nitrogens is 2. The number of methoxy groups -OCH3 is 1. The molecule has 0 unspecified atom stereocenters. The van der Waals surface area contributed by atoms with Crippen LogP contribution in [-0.2, 0) is 24.3 Å². The Bertz CT molecular complexity index is 1310. The van der Waals surface area contributed by atoms with E-state index in [1.165, 1.54) is 5.56 Å². The Morgan fingerprint density at radius 2 is 1.67 bits per heavy atom. The summed E-state index contributed by atoms with van der Waals surface area (Å²) < 4.78 is 6.90. The van der Waals surface area contributed by atoms with Crippen molar-refractivity contribution in [1.82, 2.24) is 14.9 Å². The van der Waals surface area contributed by atoms with Crippen LogP contribution in [-0.4, -0.2) is 22.6 Å². The van der Waals surface area contributed by atoms with E-state index < -0.39 is 0 Å². The highest BCUT2D eigenvalue weighted by Gasteiger charge is 2.13. The van der Waals surface area contributed by atoms with E-state index in [2.05, 4.69) is 10.3 Å². The molecule has 1 heterocycles. The summed E-state index contributed by atoms with van der Waals surface area (Å²) >= 11 is 0. The molecule has 1 aromatic heterocycles. The van der Waals surface area contributed by atoms with Gasteiger partial charge in [0, 0.05) is 19.4 Å². The lowest BCUT2D eigenvalue weighted by Crippen LogP contribution is -2.28. The number of nitrogens with zero attached hydrogens (tertiary/aromatic N) is 2. The van der Waals surface area contributed by atoms with Crippen LogP contribution in [0.3, 0.4) is 0 Å². The number of amides is 1. The summed E-state index contributed by atoms with van der Waals surface area (Å²) in [5.74, 6) is 0.652. The number of nitrogens with one attached hydrogen (secondary N) is 1. The molecule has 3 aromatic carbocycles. The van der Waals surface area contributed by atoms with Crippen molar-refractivity contribution in [3.63, 3.8) is 0 Å². The highest BCUT2D eigenvalue weighted by Crippen LogP contribution is 2.14. The first-order chi connectivity index (χ1) is 16.0. The Labute approximate surface area is 192 Å². The maximum Gasteiger partial charge on any atom is 0.273 e. The Balaban J connectivity index is 1.49. The van der Waals surface area contributed by atoms with Gasteiger partial charge in [0.1, 0.15) is 11.4 Å². The molecular formula is C27H27N3O3. The molecule has 0 aliphatic rings. The number of carbonyl (C=O) groups excluding carboxylic acids is 1. The second-order valence-corrected chi connectivity index (χ2v) is 8.05. The van der Waals surface area contributed by atoms with Gasteiger partial charge in [0.25, 0.3) is 5.56 Å². The lowest BCUT2D eigenvalue weighted by atomic mass is 10.1. The minimum atomic E-state index is -0.155. The van der Waals surface area contributed by atoms with Crippen LogP contribution in [0.2, 0.25) is 0 Å². The number of hydrogen-bond acceptors (Lipinski definition) is 4. The molecule has 0 fully saturated rings. The van der Waals surface area contributed by atoms with Gasteiger partial charge >= 0.3 is 0 Å². The van der Waals surface area contributed by atoms with Crippen LogP contribution in [0, 0.1) is 6.92 Å². The van der Waals surface area contributed by atoms with E-state index in [0.29, 0.717) is 18.8 Å². The third kappa shape index (κ3) is 5.47. The smallest absolute Gasteiger partial charge is 0.273 e. The Kier molecular flexibility index (Phi) is 6.83. The molecule has 1 amide bonds. The number of benzene rings is 3. The Morgan fingerprint density at radius 3 is 2.39 bits per heavy atom. The molecule has 0 saturated heterocycles. The predicted molar refractivity (Wildman–Crippen MR) is 129 cm³/mol. The van der Waals surface area contributed by atoms with Crippen LogP contribution in [0.5, 0.6) is 5.75 Å². The van der Waals surface area contributed by atoms with E-state index in [0.717, 1.165) is 27.9 Å². The molecule has 1 N–H and O–H groups in total. The minimum absolute atomic E-state index is 0.120. The summed E-state index contributed by atoms with van der Waals surface area (Å²) in [5, 5.41) is 2.91. The highest BCUT2D eigenvalue weighted by molar-refractivity contribution is 5.77. The molecule has 4 aromatic rings. The molecule has 33 heavy (non-hydrogen) atoms. The second-order valence-electron chi connectivity index (χ2n) is 8.05. The molecule has 168 valence electrons. The van der Waals surface area contributed by atoms with E-state index in [1.807, 2.05) is 79.7 Å². The summed E-state index contributed by atoms with van der Waals surface area (Å²) in [5.41, 5.74) is 4.98. The third-order valence-corrected chi connectivity index (χ3v) is 5.62. The molecule has 0 aliphatic heterocycles. The zero-order valence-electron chi connectivity index (χ0n) is 18.9. The molecule has 0 aliphatic carbocycles. The Morgan fingerprint density at radius 1 is 0.970 bits per heavy atom. The van der Waals surface area contributed by atoms with Crippen LogP contribution in [0.15, 0.2) is 77.6 Å². The van der Waals surface area contributed by atoms with Gasteiger partial charge < -0.3 is 14.6 Å². The van der Waals surface area contributed by atoms with Crippen LogP contribution < -0.4 is 15.6 Å². The van der Waals surface area contributed by atoms with Crippen molar-refractivity contribution in [2.24, 2.45) is 0 Å². The van der Waals surface area contributed by atoms with Crippen LogP contribution in [0.4, 0.5) is 0 Å². The average Bonchev–Trinajstić information content (AvgIpc) is 2.85. The fraction of sp³-hybridized carbons (Fsp3) is 0.222. The van der Waals surface area contributed by atoms with Gasteiger partial charge in [-0.1, -0.05) is 54.1 Å². The standard InChI is InChI=1S/C27H27N3O3/c1-19-7-9-21(10-8-19)18-30-25-6-4-3-5-23(25)29-24(27(30)32)15-16-26(31)28-17-20-11-13-22(33-2)14-12-20/h3-14H,15-18H2,1-2H3,(H,28,31). The number of hydrogen-bond donors (Lipinski definition) is 1. The van der Waals surface area contributed by atoms with Gasteiger partial charge in [0.05, 0.1) is 24.7 Å². The fourth-order valence-electron chi connectivity index (χ4n) is 3.71. The lowest BCUT2D eigenvalue weighted by Gasteiger charge is -2.13. The topological polar surface area (TPSA) is 73.2 Å². The minimum Gasteiger partial charge on any atom is -0.497 e. The number of fused-ring (bicyclic) bond motifs is 1. The maximum absolute atomic E-state index is 13.3. The first kappa shape index (κ1) is 22.3. The molecule has 0 spiro atoms. The van der Waals surface area contributed by atoms with Crippen LogP contribution >= 0.6 is 0 Å². The van der Waals surface area contributed by atoms with E-state index in [-0.39, 0.29) is 24.3 Å². The largest absolute Gasteiger partial charge is 0.497 e. The summed E-state index contributed by atoms with van der Waals surface area (Å²) in [4.78, 5) is 30.3. The zero-order valence-corrected chi connectivity index (χ0v) is 18.9. The van der Waals surface area contributed by atoms with Gasteiger partial charge in [0.15, 0.2) is 0 Å². The summed E-state index contributed by atoms with van der Waals surface area (Å²) in [6.45, 7) is 2.92. The number of para-hydroxylation sites is 2. The molecule has 0 bridgehead atoms. The van der Waals surface area contributed by atoms with Crippen molar-refractivity contribution < 1.29 is 9.53 Å². The molecule has 6 nitrogen and oxygen atoms in total. The highest BCUT2D eigenvalue weighted by atomic mass is 16.5. The normalized spacial score (nSPS) is 10.8. The van der Waals surface area contributed by atoms with Gasteiger partial charge in [-0.05, 0) is 42.3 Å². The number of aryl methyl sites for hydroxylation is 2. The van der Waals surface area contributed by atoms with Gasteiger partial charge in [-0.3, -0.25) is 9.59 Å². The van der Waals surface area contributed by atoms with E-state index in [4.69, 9.17) is 4.74 Å². The molecular weight excluding hydrogens is 414 g/mol. The summed E-state index contributed by atoms with van der Waals surface area (Å²) in [6, 6.07) is 23.3. The van der Waals surface area contributed by atoms with Crippen molar-refractivity contribution >= 4 is 16.9 Å². The lowest BCUT2D eigenvalue weighted by molar-refractivity contribution is -0.121. The number of ether oxygens (including phenoxy) is 1. The van der Waals surface area contributed by atoms with Gasteiger partial charge in [-0.25, -0.2) is 4.98 Å². The van der Waals surface area contributed by atoms with E-state index in [9.17, 15) is 9.59 Å². The molecule has 0 atom stereocenters. The van der Waals surface area contributed by atoms with Gasteiger partial charge in [-0.2, -0.15) is 0 Å². The first-order valence-corrected chi connectivity index (χ1v) is 11.0. The monoisotopic (exact) mass is 441 g/mol. The van der Waals surface area contributed by atoms with Gasteiger partial charge in [0.2, 0.25) is 5.91 Å². The second kappa shape index (κ2) is 10.1. The third-order valence-electron chi connectivity index (χ3n) is 5.62. The van der Waals surface area contributed by atoms with Crippen molar-refractivity contribution in [2.75, 3.05) is 7.11 Å². The quantitative estimate of drug-likeness (QED) is 0.448. The van der Waals surface area contributed by atoms with Crippen LogP contribution in [0.1, 0.15) is 28.8 Å². The van der Waals surface area contributed by atoms with Crippen molar-refractivity contribution in [2.45, 2.75) is 32.9 Å². The SMILES string of the molecule is COc1ccc(CNC(=O)CCc2nc3ccccc3n(Cc3ccc(C)cc3)c2=O)cc1. The van der Waals surface area contributed by atoms with Gasteiger partial charge in [-0.15, -0.1) is 0 Å². The molecule has 4 rings (SSSR count). The molecule has 6 heteroatoms. The summed E-state index contributed by atoms with van der Waals surface area (Å²) in [7, 11) is 1.62. The van der Waals surface area contributed by atoms with Crippen molar-refractivity contribution in [3.05, 3.63) is 106 Å². The zero-order chi connectivity index (χ0) is 23.2. The Hall–Kier alpha value is -3.93. The maximum atomic E-state index is 13.3. The predicted octanol–water partition coefficient (Wildman–Crippen LogP) is 4.01. The molecule has 0 radical (unpaired) electrons. The van der Waals surface area contributed by atoms with Crippen molar-refractivity contribution in [3.8, 4) is 5.75 Å². The van der Waals surface area contributed by atoms with E-state index >= 15 is 0 Å². The van der Waals surface area contributed by atoms with Crippen molar-refractivity contribution in [1.29, 1.82) is 0 Å².